The third-order valence-corrected chi connectivity index (χ3v) is 4.38. The molecular formula is C14H19NO5S. The van der Waals surface area contributed by atoms with Crippen molar-refractivity contribution in [3.8, 4) is 0 Å². The highest BCUT2D eigenvalue weighted by Crippen LogP contribution is 2.13. The minimum atomic E-state index is -3.65. The van der Waals surface area contributed by atoms with Gasteiger partial charge in [0.15, 0.2) is 9.84 Å². The summed E-state index contributed by atoms with van der Waals surface area (Å²) >= 11 is 0. The van der Waals surface area contributed by atoms with Gasteiger partial charge in [-0.25, -0.2) is 13.2 Å². The van der Waals surface area contributed by atoms with E-state index in [1.165, 1.54) is 0 Å². The van der Waals surface area contributed by atoms with Gasteiger partial charge in [0.1, 0.15) is 6.04 Å². The van der Waals surface area contributed by atoms with Crippen LogP contribution in [0.3, 0.4) is 0 Å². The number of aryl methyl sites for hydroxylation is 2. The fraction of sp³-hybridized carbons (Fsp3) is 0.429. The fourth-order valence-electron chi connectivity index (χ4n) is 2.14. The Morgan fingerprint density at radius 3 is 2.14 bits per heavy atom. The first-order valence-corrected chi connectivity index (χ1v) is 8.19. The molecule has 1 unspecified atom stereocenters. The average Bonchev–Trinajstić information content (AvgIpc) is 2.24. The van der Waals surface area contributed by atoms with Gasteiger partial charge < -0.3 is 10.4 Å². The van der Waals surface area contributed by atoms with E-state index in [-0.39, 0.29) is 5.75 Å². The average molecular weight is 313 g/mol. The zero-order chi connectivity index (χ0) is 16.2. The molecular weight excluding hydrogens is 294 g/mol. The van der Waals surface area contributed by atoms with Gasteiger partial charge in [-0.1, -0.05) is 29.3 Å². The molecule has 1 atom stereocenters. The van der Waals surface area contributed by atoms with Crippen molar-refractivity contribution in [1.82, 2.24) is 5.32 Å². The van der Waals surface area contributed by atoms with Crippen LogP contribution in [0.15, 0.2) is 18.2 Å². The molecule has 0 aromatic heterocycles. The highest BCUT2D eigenvalue weighted by molar-refractivity contribution is 7.90. The molecule has 0 aliphatic heterocycles. The van der Waals surface area contributed by atoms with E-state index in [0.29, 0.717) is 5.56 Å². The molecule has 1 aromatic carbocycles. The van der Waals surface area contributed by atoms with Crippen molar-refractivity contribution < 1.29 is 23.1 Å². The number of hydrogen-bond acceptors (Lipinski definition) is 4. The summed E-state index contributed by atoms with van der Waals surface area (Å²) in [4.78, 5) is 21.9. The molecule has 6 nitrogen and oxygen atoms in total. The predicted molar refractivity (Wildman–Crippen MR) is 78.6 cm³/mol. The molecule has 7 heteroatoms. The van der Waals surface area contributed by atoms with Crippen LogP contribution < -0.4 is 5.32 Å². The van der Waals surface area contributed by atoms with Gasteiger partial charge in [0.05, 0.1) is 11.5 Å². The Bertz CT molecular complexity index is 631. The minimum Gasteiger partial charge on any atom is -0.480 e. The number of nitrogens with one attached hydrogen (secondary N) is 1. The van der Waals surface area contributed by atoms with E-state index >= 15 is 0 Å². The SMILES string of the molecule is CC(=O)NC(CS(=O)(=O)Cc1cc(C)cc(C)c1)C(=O)O. The summed E-state index contributed by atoms with van der Waals surface area (Å²) in [6, 6.07) is 3.99. The number of aliphatic carboxylic acids is 1. The van der Waals surface area contributed by atoms with Crippen LogP contribution in [-0.2, 0) is 25.2 Å². The van der Waals surface area contributed by atoms with Gasteiger partial charge in [-0.2, -0.15) is 0 Å². The second-order valence-corrected chi connectivity index (χ2v) is 7.25. The largest absolute Gasteiger partial charge is 0.480 e. The molecule has 0 bridgehead atoms. The standard InChI is InChI=1S/C14H19NO5S/c1-9-4-10(2)6-12(5-9)7-21(19,20)8-13(14(17)18)15-11(3)16/h4-6,13H,7-8H2,1-3H3,(H,15,16)(H,17,18). The molecule has 0 saturated heterocycles. The Hall–Kier alpha value is -1.89. The lowest BCUT2D eigenvalue weighted by Crippen LogP contribution is -2.44. The first-order valence-electron chi connectivity index (χ1n) is 6.36. The first kappa shape index (κ1) is 17.2. The van der Waals surface area contributed by atoms with E-state index in [1.807, 2.05) is 19.9 Å². The van der Waals surface area contributed by atoms with Crippen LogP contribution in [0.4, 0.5) is 0 Å². The van der Waals surface area contributed by atoms with Crippen molar-refractivity contribution in [2.75, 3.05) is 5.75 Å². The molecule has 0 saturated carbocycles. The lowest BCUT2D eigenvalue weighted by atomic mass is 10.1. The number of sulfone groups is 1. The quantitative estimate of drug-likeness (QED) is 0.809. The molecule has 116 valence electrons. The van der Waals surface area contributed by atoms with E-state index < -0.39 is 33.5 Å². The third-order valence-electron chi connectivity index (χ3n) is 2.76. The molecule has 0 radical (unpaired) electrons. The lowest BCUT2D eigenvalue weighted by Gasteiger charge is -2.14. The van der Waals surface area contributed by atoms with Gasteiger partial charge >= 0.3 is 5.97 Å². The summed E-state index contributed by atoms with van der Waals surface area (Å²) in [5.74, 6) is -2.83. The summed E-state index contributed by atoms with van der Waals surface area (Å²) in [5.41, 5.74) is 2.49. The highest BCUT2D eigenvalue weighted by Gasteiger charge is 2.26. The van der Waals surface area contributed by atoms with Gasteiger partial charge in [-0.3, -0.25) is 4.79 Å². The Morgan fingerprint density at radius 2 is 1.71 bits per heavy atom. The number of carbonyl (C=O) groups excluding carboxylic acids is 1. The van der Waals surface area contributed by atoms with Crippen LogP contribution in [0, 0.1) is 13.8 Å². The number of carbonyl (C=O) groups is 2. The minimum absolute atomic E-state index is 0.251. The molecule has 2 N–H and O–H groups in total. The molecule has 0 aliphatic carbocycles. The third kappa shape index (κ3) is 5.95. The smallest absolute Gasteiger partial charge is 0.327 e. The second kappa shape index (κ2) is 6.71. The van der Waals surface area contributed by atoms with Crippen molar-refractivity contribution in [2.45, 2.75) is 32.6 Å². The predicted octanol–water partition coefficient (Wildman–Crippen LogP) is 0.808. The van der Waals surface area contributed by atoms with E-state index in [2.05, 4.69) is 5.32 Å². The van der Waals surface area contributed by atoms with E-state index in [9.17, 15) is 18.0 Å². The Balaban J connectivity index is 2.89. The number of carboxylic acid groups (broad SMARTS) is 1. The van der Waals surface area contributed by atoms with Crippen LogP contribution in [0.1, 0.15) is 23.6 Å². The second-order valence-electron chi connectivity index (χ2n) is 5.14. The summed E-state index contributed by atoms with van der Waals surface area (Å²) in [6.07, 6.45) is 0. The Kier molecular flexibility index (Phi) is 5.48. The van der Waals surface area contributed by atoms with Crippen molar-refractivity contribution in [2.24, 2.45) is 0 Å². The van der Waals surface area contributed by atoms with E-state index in [0.717, 1.165) is 18.1 Å². The van der Waals surface area contributed by atoms with E-state index in [1.54, 1.807) is 12.1 Å². The number of benzene rings is 1. The van der Waals surface area contributed by atoms with Crippen LogP contribution in [0.2, 0.25) is 0 Å². The maximum Gasteiger partial charge on any atom is 0.327 e. The van der Waals surface area contributed by atoms with Gasteiger partial charge in [0, 0.05) is 6.92 Å². The zero-order valence-electron chi connectivity index (χ0n) is 12.2. The highest BCUT2D eigenvalue weighted by atomic mass is 32.2. The summed E-state index contributed by atoms with van der Waals surface area (Å²) in [7, 11) is -3.65. The molecule has 1 rings (SSSR count). The topological polar surface area (TPSA) is 101 Å². The van der Waals surface area contributed by atoms with Gasteiger partial charge in [0.2, 0.25) is 5.91 Å². The molecule has 1 aromatic rings. The van der Waals surface area contributed by atoms with E-state index in [4.69, 9.17) is 5.11 Å². The lowest BCUT2D eigenvalue weighted by molar-refractivity contribution is -0.140. The van der Waals surface area contributed by atoms with Crippen LogP contribution >= 0.6 is 0 Å². The molecule has 0 heterocycles. The van der Waals surface area contributed by atoms with Gasteiger partial charge in [0.25, 0.3) is 0 Å². The van der Waals surface area contributed by atoms with Crippen LogP contribution in [0.5, 0.6) is 0 Å². The monoisotopic (exact) mass is 313 g/mol. The maximum absolute atomic E-state index is 12.1. The Labute approximate surface area is 124 Å². The number of hydrogen-bond donors (Lipinski definition) is 2. The van der Waals surface area contributed by atoms with Crippen LogP contribution in [0.25, 0.3) is 0 Å². The summed E-state index contributed by atoms with van der Waals surface area (Å²) in [5, 5.41) is 11.1. The zero-order valence-corrected chi connectivity index (χ0v) is 13.0. The summed E-state index contributed by atoms with van der Waals surface area (Å²) < 4.78 is 24.2. The molecule has 21 heavy (non-hydrogen) atoms. The molecule has 0 fully saturated rings. The van der Waals surface area contributed by atoms with Crippen molar-refractivity contribution in [3.05, 3.63) is 34.9 Å². The van der Waals surface area contributed by atoms with Crippen molar-refractivity contribution in [3.63, 3.8) is 0 Å². The van der Waals surface area contributed by atoms with Gasteiger partial charge in [-0.05, 0) is 19.4 Å². The van der Waals surface area contributed by atoms with Crippen molar-refractivity contribution in [1.29, 1.82) is 0 Å². The Morgan fingerprint density at radius 1 is 1.19 bits per heavy atom. The normalized spacial score (nSPS) is 12.7. The first-order chi connectivity index (χ1) is 9.59. The summed E-state index contributed by atoms with van der Waals surface area (Å²) in [6.45, 7) is 4.87. The molecule has 0 spiro atoms. The van der Waals surface area contributed by atoms with Crippen molar-refractivity contribution >= 4 is 21.7 Å². The number of rotatable bonds is 6. The number of carboxylic acids is 1. The molecule has 0 aliphatic rings. The number of amides is 1. The van der Waals surface area contributed by atoms with Crippen LogP contribution in [-0.4, -0.2) is 37.2 Å². The van der Waals surface area contributed by atoms with Gasteiger partial charge in [-0.15, -0.1) is 0 Å². The maximum atomic E-state index is 12.1. The fourth-order valence-corrected chi connectivity index (χ4v) is 3.67. The molecule has 1 amide bonds.